The summed E-state index contributed by atoms with van der Waals surface area (Å²) in [5.74, 6) is -0.0657. The van der Waals surface area contributed by atoms with Gasteiger partial charge in [0, 0.05) is 18.3 Å². The van der Waals surface area contributed by atoms with Gasteiger partial charge in [0.15, 0.2) is 0 Å². The summed E-state index contributed by atoms with van der Waals surface area (Å²) in [6.07, 6.45) is -0.208. The Kier molecular flexibility index (Phi) is 5.16. The van der Waals surface area contributed by atoms with Crippen molar-refractivity contribution in [2.45, 2.75) is 26.0 Å². The van der Waals surface area contributed by atoms with Crippen LogP contribution in [0.4, 0.5) is 10.5 Å². The smallest absolute Gasteiger partial charge is 0.315 e. The maximum atomic E-state index is 11.9. The molecule has 1 unspecified atom stereocenters. The van der Waals surface area contributed by atoms with Gasteiger partial charge in [-0.3, -0.25) is 4.79 Å². The summed E-state index contributed by atoms with van der Waals surface area (Å²) >= 11 is 0. The molecular formula is C15H21N3O3. The molecule has 0 spiro atoms. The number of nitrogens with zero attached hydrogens (tertiary/aromatic N) is 1. The summed E-state index contributed by atoms with van der Waals surface area (Å²) in [4.78, 5) is 25.2. The zero-order chi connectivity index (χ0) is 15.2. The van der Waals surface area contributed by atoms with Gasteiger partial charge in [0.2, 0.25) is 0 Å². The number of amides is 3. The molecule has 1 saturated heterocycles. The van der Waals surface area contributed by atoms with E-state index in [2.05, 4.69) is 10.6 Å². The van der Waals surface area contributed by atoms with E-state index in [1.54, 1.807) is 4.90 Å². The number of rotatable bonds is 4. The first-order valence-electron chi connectivity index (χ1n) is 7.07. The Morgan fingerprint density at radius 3 is 2.76 bits per heavy atom. The molecule has 0 saturated carbocycles. The molecule has 1 aliphatic rings. The van der Waals surface area contributed by atoms with E-state index in [4.69, 9.17) is 4.74 Å². The van der Waals surface area contributed by atoms with Gasteiger partial charge in [-0.2, -0.15) is 0 Å². The molecule has 0 bridgehead atoms. The molecule has 1 atom stereocenters. The van der Waals surface area contributed by atoms with Gasteiger partial charge in [0.05, 0.1) is 12.6 Å². The lowest BCUT2D eigenvalue weighted by Crippen LogP contribution is -2.52. The second-order valence-corrected chi connectivity index (χ2v) is 5.28. The maximum Gasteiger partial charge on any atom is 0.315 e. The van der Waals surface area contributed by atoms with E-state index in [9.17, 15) is 9.59 Å². The minimum Gasteiger partial charge on any atom is -0.365 e. The number of hydrogen-bond donors (Lipinski definition) is 2. The van der Waals surface area contributed by atoms with Crippen molar-refractivity contribution in [3.8, 4) is 0 Å². The molecule has 0 radical (unpaired) electrons. The van der Waals surface area contributed by atoms with Gasteiger partial charge < -0.3 is 20.3 Å². The Labute approximate surface area is 124 Å². The fourth-order valence-electron chi connectivity index (χ4n) is 2.13. The van der Waals surface area contributed by atoms with Crippen LogP contribution < -0.4 is 15.5 Å². The van der Waals surface area contributed by atoms with Crippen LogP contribution >= 0.6 is 0 Å². The Morgan fingerprint density at radius 1 is 1.38 bits per heavy atom. The van der Waals surface area contributed by atoms with Crippen molar-refractivity contribution in [3.05, 3.63) is 30.3 Å². The lowest BCUT2D eigenvalue weighted by molar-refractivity contribution is -0.129. The number of anilines is 1. The van der Waals surface area contributed by atoms with Crippen LogP contribution in [0.25, 0.3) is 0 Å². The molecule has 1 aromatic rings. The molecule has 1 fully saturated rings. The van der Waals surface area contributed by atoms with E-state index in [1.807, 2.05) is 44.2 Å². The van der Waals surface area contributed by atoms with Crippen LogP contribution in [0, 0.1) is 0 Å². The number of hydrogen-bond acceptors (Lipinski definition) is 3. The molecule has 2 rings (SSSR count). The standard InChI is InChI=1S/C15H21N3O3/c1-11(2)17-15(20)16-8-13-9-18(14(19)10-21-13)12-6-4-3-5-7-12/h3-7,11,13H,8-10H2,1-2H3,(H2,16,17,20). The van der Waals surface area contributed by atoms with Gasteiger partial charge in [0.1, 0.15) is 6.61 Å². The first-order valence-corrected chi connectivity index (χ1v) is 7.07. The second-order valence-electron chi connectivity index (χ2n) is 5.28. The fraction of sp³-hybridized carbons (Fsp3) is 0.467. The van der Waals surface area contributed by atoms with Crippen molar-refractivity contribution in [2.75, 3.05) is 24.6 Å². The zero-order valence-corrected chi connectivity index (χ0v) is 12.3. The number of morpholine rings is 1. The van der Waals surface area contributed by atoms with Crippen molar-refractivity contribution in [3.63, 3.8) is 0 Å². The topological polar surface area (TPSA) is 70.7 Å². The fourth-order valence-corrected chi connectivity index (χ4v) is 2.13. The summed E-state index contributed by atoms with van der Waals surface area (Å²) in [6, 6.07) is 9.32. The molecule has 1 aromatic carbocycles. The third-order valence-electron chi connectivity index (χ3n) is 3.11. The van der Waals surface area contributed by atoms with E-state index in [1.165, 1.54) is 0 Å². The predicted octanol–water partition coefficient (Wildman–Crippen LogP) is 1.13. The van der Waals surface area contributed by atoms with Crippen LogP contribution in [0.15, 0.2) is 30.3 Å². The van der Waals surface area contributed by atoms with Gasteiger partial charge in [-0.05, 0) is 26.0 Å². The van der Waals surface area contributed by atoms with E-state index in [-0.39, 0.29) is 30.7 Å². The van der Waals surface area contributed by atoms with Gasteiger partial charge >= 0.3 is 6.03 Å². The second kappa shape index (κ2) is 7.08. The van der Waals surface area contributed by atoms with Crippen LogP contribution in [0.3, 0.4) is 0 Å². The average molecular weight is 291 g/mol. The van der Waals surface area contributed by atoms with Crippen molar-refractivity contribution in [1.29, 1.82) is 0 Å². The van der Waals surface area contributed by atoms with Crippen LogP contribution in [0.1, 0.15) is 13.8 Å². The highest BCUT2D eigenvalue weighted by molar-refractivity contribution is 5.94. The zero-order valence-electron chi connectivity index (χ0n) is 12.3. The summed E-state index contributed by atoms with van der Waals surface area (Å²) in [7, 11) is 0. The first-order chi connectivity index (χ1) is 10.1. The van der Waals surface area contributed by atoms with E-state index in [0.717, 1.165) is 5.69 Å². The Hall–Kier alpha value is -2.08. The van der Waals surface area contributed by atoms with Crippen LogP contribution in [-0.2, 0) is 9.53 Å². The lowest BCUT2D eigenvalue weighted by Gasteiger charge is -2.32. The summed E-state index contributed by atoms with van der Waals surface area (Å²) in [6.45, 7) is 4.63. The molecular weight excluding hydrogens is 270 g/mol. The van der Waals surface area contributed by atoms with Crippen LogP contribution in [0.2, 0.25) is 0 Å². The van der Waals surface area contributed by atoms with Gasteiger partial charge in [-0.1, -0.05) is 18.2 Å². The Bertz CT molecular complexity index is 490. The average Bonchev–Trinajstić information content (AvgIpc) is 2.46. The molecule has 6 nitrogen and oxygen atoms in total. The van der Waals surface area contributed by atoms with E-state index in [0.29, 0.717) is 13.1 Å². The summed E-state index contributed by atoms with van der Waals surface area (Å²) < 4.78 is 5.46. The molecule has 0 aliphatic carbocycles. The quantitative estimate of drug-likeness (QED) is 0.873. The Balaban J connectivity index is 1.89. The molecule has 114 valence electrons. The maximum absolute atomic E-state index is 11.9. The Morgan fingerprint density at radius 2 is 2.10 bits per heavy atom. The van der Waals surface area contributed by atoms with Gasteiger partial charge in [-0.15, -0.1) is 0 Å². The van der Waals surface area contributed by atoms with Crippen LogP contribution in [0.5, 0.6) is 0 Å². The number of benzene rings is 1. The summed E-state index contributed by atoms with van der Waals surface area (Å²) in [5.41, 5.74) is 0.849. The highest BCUT2D eigenvalue weighted by atomic mass is 16.5. The number of carbonyl (C=O) groups excluding carboxylic acids is 2. The third-order valence-corrected chi connectivity index (χ3v) is 3.11. The molecule has 6 heteroatoms. The predicted molar refractivity (Wildman–Crippen MR) is 80.2 cm³/mol. The van der Waals surface area contributed by atoms with Crippen molar-refractivity contribution < 1.29 is 14.3 Å². The number of nitrogens with one attached hydrogen (secondary N) is 2. The molecule has 1 heterocycles. The summed E-state index contributed by atoms with van der Waals surface area (Å²) in [5, 5.41) is 5.51. The largest absolute Gasteiger partial charge is 0.365 e. The van der Waals surface area contributed by atoms with Crippen molar-refractivity contribution in [2.24, 2.45) is 0 Å². The van der Waals surface area contributed by atoms with Gasteiger partial charge in [0.25, 0.3) is 5.91 Å². The van der Waals surface area contributed by atoms with Gasteiger partial charge in [-0.25, -0.2) is 4.79 Å². The minimum absolute atomic E-state index is 0.0348. The highest BCUT2D eigenvalue weighted by Gasteiger charge is 2.27. The van der Waals surface area contributed by atoms with E-state index >= 15 is 0 Å². The normalized spacial score (nSPS) is 18.7. The number of urea groups is 1. The highest BCUT2D eigenvalue weighted by Crippen LogP contribution is 2.17. The molecule has 21 heavy (non-hydrogen) atoms. The third kappa shape index (κ3) is 4.46. The monoisotopic (exact) mass is 291 g/mol. The molecule has 2 N–H and O–H groups in total. The number of ether oxygens (including phenoxy) is 1. The van der Waals surface area contributed by atoms with E-state index < -0.39 is 0 Å². The minimum atomic E-state index is -0.225. The van der Waals surface area contributed by atoms with Crippen molar-refractivity contribution >= 4 is 17.6 Å². The first kappa shape index (κ1) is 15.3. The SMILES string of the molecule is CC(C)NC(=O)NCC1CN(c2ccccc2)C(=O)CO1. The van der Waals surface area contributed by atoms with Crippen LogP contribution in [-0.4, -0.2) is 43.8 Å². The molecule has 1 aliphatic heterocycles. The molecule has 3 amide bonds. The number of carbonyl (C=O) groups is 2. The lowest BCUT2D eigenvalue weighted by atomic mass is 10.2. The van der Waals surface area contributed by atoms with Crippen molar-refractivity contribution in [1.82, 2.24) is 10.6 Å². The number of para-hydroxylation sites is 1. The molecule has 0 aromatic heterocycles.